The maximum atomic E-state index is 6.10. The van der Waals surface area contributed by atoms with Crippen LogP contribution in [0, 0.1) is 5.92 Å². The molecule has 0 radical (unpaired) electrons. The first-order valence-electron chi connectivity index (χ1n) is 7.00. The normalized spacial score (nSPS) is 26.9. The van der Waals surface area contributed by atoms with Crippen LogP contribution in [0.1, 0.15) is 32.1 Å². The molecule has 2 aromatic rings. The van der Waals surface area contributed by atoms with Gasteiger partial charge in [0.2, 0.25) is 5.28 Å². The molecule has 2 atom stereocenters. The number of hydrogen-bond donors (Lipinski definition) is 0. The lowest BCUT2D eigenvalue weighted by atomic mass is 9.92. The predicted octanol–water partition coefficient (Wildman–Crippen LogP) is 4.11. The molecule has 2 aliphatic rings. The first kappa shape index (κ1) is 11.9. The molecule has 2 fully saturated rings. The summed E-state index contributed by atoms with van der Waals surface area (Å²) in [5.41, 5.74) is 0. The van der Waals surface area contributed by atoms with Gasteiger partial charge in [-0.05, 0) is 54.6 Å². The molecular formula is C14H16ClN3S. The maximum absolute atomic E-state index is 6.10. The molecule has 100 valence electrons. The molecule has 1 aliphatic carbocycles. The van der Waals surface area contributed by atoms with Crippen molar-refractivity contribution in [1.82, 2.24) is 9.97 Å². The lowest BCUT2D eigenvalue weighted by Gasteiger charge is -2.38. The van der Waals surface area contributed by atoms with Crippen molar-refractivity contribution in [1.29, 1.82) is 0 Å². The minimum Gasteiger partial charge on any atom is -0.353 e. The summed E-state index contributed by atoms with van der Waals surface area (Å²) in [6, 6.07) is 2.80. The molecule has 0 bridgehead atoms. The van der Waals surface area contributed by atoms with Crippen molar-refractivity contribution in [2.75, 3.05) is 11.4 Å². The lowest BCUT2D eigenvalue weighted by Crippen LogP contribution is -2.43. The minimum atomic E-state index is 0.380. The Morgan fingerprint density at radius 1 is 1.21 bits per heavy atom. The molecule has 4 rings (SSSR count). The third-order valence-electron chi connectivity index (χ3n) is 4.54. The van der Waals surface area contributed by atoms with Gasteiger partial charge in [0, 0.05) is 12.6 Å². The molecule has 3 heterocycles. The van der Waals surface area contributed by atoms with E-state index in [0.717, 1.165) is 23.1 Å². The van der Waals surface area contributed by atoms with Gasteiger partial charge in [0.25, 0.3) is 0 Å². The summed E-state index contributed by atoms with van der Waals surface area (Å²) in [4.78, 5) is 12.4. The summed E-state index contributed by atoms with van der Waals surface area (Å²) in [6.45, 7) is 1.11. The minimum absolute atomic E-state index is 0.380. The molecule has 1 saturated heterocycles. The number of aromatic nitrogens is 2. The predicted molar refractivity (Wildman–Crippen MR) is 80.1 cm³/mol. The van der Waals surface area contributed by atoms with E-state index in [2.05, 4.69) is 26.3 Å². The first-order chi connectivity index (χ1) is 9.33. The van der Waals surface area contributed by atoms with Crippen molar-refractivity contribution in [3.8, 4) is 0 Å². The van der Waals surface area contributed by atoms with E-state index in [0.29, 0.717) is 11.3 Å². The SMILES string of the molecule is Clc1nc(N2CCCC3CCCC32)c2ccsc2n1. The molecule has 2 unspecified atom stereocenters. The smallest absolute Gasteiger partial charge is 0.225 e. The average Bonchev–Trinajstić information content (AvgIpc) is 3.04. The van der Waals surface area contributed by atoms with Crippen molar-refractivity contribution in [3.05, 3.63) is 16.7 Å². The van der Waals surface area contributed by atoms with Crippen molar-refractivity contribution >= 4 is 39.0 Å². The Morgan fingerprint density at radius 2 is 2.11 bits per heavy atom. The summed E-state index contributed by atoms with van der Waals surface area (Å²) < 4.78 is 0. The number of thiophene rings is 1. The van der Waals surface area contributed by atoms with E-state index in [4.69, 9.17) is 11.6 Å². The van der Waals surface area contributed by atoms with E-state index in [1.807, 2.05) is 0 Å². The number of nitrogens with zero attached hydrogens (tertiary/aromatic N) is 3. The standard InChI is InChI=1S/C14H16ClN3S/c15-14-16-12(10-6-8-19-13(10)17-14)18-7-2-4-9-3-1-5-11(9)18/h6,8-9,11H,1-5,7H2. The topological polar surface area (TPSA) is 29.0 Å². The Kier molecular flexibility index (Phi) is 2.88. The number of piperidine rings is 1. The highest BCUT2D eigenvalue weighted by atomic mass is 35.5. The summed E-state index contributed by atoms with van der Waals surface area (Å²) in [5.74, 6) is 1.92. The molecule has 1 aliphatic heterocycles. The number of hydrogen-bond acceptors (Lipinski definition) is 4. The highest BCUT2D eigenvalue weighted by Gasteiger charge is 2.36. The number of halogens is 1. The molecule has 5 heteroatoms. The molecular weight excluding hydrogens is 278 g/mol. The third kappa shape index (κ3) is 1.93. The number of rotatable bonds is 1. The summed E-state index contributed by atoms with van der Waals surface area (Å²) in [6.07, 6.45) is 6.70. The van der Waals surface area contributed by atoms with Gasteiger partial charge in [-0.3, -0.25) is 0 Å². The Bertz CT molecular complexity index is 612. The van der Waals surface area contributed by atoms with Crippen LogP contribution in [0.5, 0.6) is 0 Å². The van der Waals surface area contributed by atoms with E-state index >= 15 is 0 Å². The van der Waals surface area contributed by atoms with E-state index in [1.54, 1.807) is 11.3 Å². The largest absolute Gasteiger partial charge is 0.353 e. The summed E-state index contributed by atoms with van der Waals surface area (Å²) >= 11 is 7.74. The van der Waals surface area contributed by atoms with Gasteiger partial charge < -0.3 is 4.90 Å². The Labute approximate surface area is 121 Å². The van der Waals surface area contributed by atoms with Crippen LogP contribution in [-0.4, -0.2) is 22.6 Å². The van der Waals surface area contributed by atoms with Gasteiger partial charge in [-0.25, -0.2) is 4.98 Å². The van der Waals surface area contributed by atoms with Crippen LogP contribution >= 0.6 is 22.9 Å². The fourth-order valence-corrected chi connectivity index (χ4v) is 4.72. The average molecular weight is 294 g/mol. The Balaban J connectivity index is 1.82. The zero-order valence-electron chi connectivity index (χ0n) is 10.7. The zero-order valence-corrected chi connectivity index (χ0v) is 12.3. The van der Waals surface area contributed by atoms with Crippen LogP contribution in [0.15, 0.2) is 11.4 Å². The van der Waals surface area contributed by atoms with Gasteiger partial charge in [-0.2, -0.15) is 4.98 Å². The zero-order chi connectivity index (χ0) is 12.8. The van der Waals surface area contributed by atoms with Crippen molar-refractivity contribution in [3.63, 3.8) is 0 Å². The van der Waals surface area contributed by atoms with Gasteiger partial charge in [-0.1, -0.05) is 6.42 Å². The molecule has 0 amide bonds. The molecule has 1 saturated carbocycles. The molecule has 2 aromatic heterocycles. The van der Waals surface area contributed by atoms with Crippen LogP contribution in [0.4, 0.5) is 5.82 Å². The maximum Gasteiger partial charge on any atom is 0.225 e. The Morgan fingerprint density at radius 3 is 3.05 bits per heavy atom. The number of fused-ring (bicyclic) bond motifs is 2. The quantitative estimate of drug-likeness (QED) is 0.741. The molecule has 19 heavy (non-hydrogen) atoms. The number of anilines is 1. The van der Waals surface area contributed by atoms with Gasteiger partial charge in [0.15, 0.2) is 0 Å². The van der Waals surface area contributed by atoms with E-state index in [-0.39, 0.29) is 0 Å². The second-order valence-electron chi connectivity index (χ2n) is 5.55. The van der Waals surface area contributed by atoms with Crippen LogP contribution in [0.25, 0.3) is 10.2 Å². The monoisotopic (exact) mass is 293 g/mol. The van der Waals surface area contributed by atoms with E-state index in [1.165, 1.54) is 37.5 Å². The van der Waals surface area contributed by atoms with Crippen LogP contribution in [0.3, 0.4) is 0 Å². The fraction of sp³-hybridized carbons (Fsp3) is 0.571. The van der Waals surface area contributed by atoms with Crippen molar-refractivity contribution < 1.29 is 0 Å². The van der Waals surface area contributed by atoms with Crippen molar-refractivity contribution in [2.24, 2.45) is 5.92 Å². The highest BCUT2D eigenvalue weighted by Crippen LogP contribution is 2.41. The highest BCUT2D eigenvalue weighted by molar-refractivity contribution is 7.16. The van der Waals surface area contributed by atoms with E-state index in [9.17, 15) is 0 Å². The third-order valence-corrected chi connectivity index (χ3v) is 5.52. The van der Waals surface area contributed by atoms with Crippen LogP contribution in [-0.2, 0) is 0 Å². The van der Waals surface area contributed by atoms with Crippen LogP contribution < -0.4 is 4.90 Å². The first-order valence-corrected chi connectivity index (χ1v) is 8.26. The summed E-state index contributed by atoms with van der Waals surface area (Å²) in [5, 5.41) is 3.63. The second-order valence-corrected chi connectivity index (χ2v) is 6.78. The fourth-order valence-electron chi connectivity index (χ4n) is 3.75. The molecule has 0 aromatic carbocycles. The molecule has 0 N–H and O–H groups in total. The second kappa shape index (κ2) is 4.60. The lowest BCUT2D eigenvalue weighted by molar-refractivity contribution is 0.361. The van der Waals surface area contributed by atoms with Crippen molar-refractivity contribution in [2.45, 2.75) is 38.1 Å². The molecule has 0 spiro atoms. The van der Waals surface area contributed by atoms with Gasteiger partial charge >= 0.3 is 0 Å². The molecule has 3 nitrogen and oxygen atoms in total. The summed E-state index contributed by atoms with van der Waals surface area (Å²) in [7, 11) is 0. The van der Waals surface area contributed by atoms with Gasteiger partial charge in [0.05, 0.1) is 5.39 Å². The van der Waals surface area contributed by atoms with Gasteiger partial charge in [0.1, 0.15) is 10.6 Å². The van der Waals surface area contributed by atoms with E-state index < -0.39 is 0 Å². The Hall–Kier alpha value is -0.870. The van der Waals surface area contributed by atoms with Crippen LogP contribution in [0.2, 0.25) is 5.28 Å². The van der Waals surface area contributed by atoms with Gasteiger partial charge in [-0.15, -0.1) is 11.3 Å².